The Morgan fingerprint density at radius 2 is 2.11 bits per heavy atom. The van der Waals surface area contributed by atoms with E-state index in [2.05, 4.69) is 64.3 Å². The van der Waals surface area contributed by atoms with Crippen molar-refractivity contribution in [1.29, 1.82) is 0 Å². The molecule has 7 heteroatoms. The molecule has 0 aromatic heterocycles. The molecule has 1 aliphatic rings. The maximum absolute atomic E-state index is 5.42. The lowest BCUT2D eigenvalue weighted by Gasteiger charge is -2.31. The highest BCUT2D eigenvalue weighted by molar-refractivity contribution is 14.0. The minimum atomic E-state index is 0. The van der Waals surface area contributed by atoms with Gasteiger partial charge in [0.1, 0.15) is 5.75 Å². The Morgan fingerprint density at radius 1 is 1.33 bits per heavy atom. The molecular formula is C20H35IN4OS. The summed E-state index contributed by atoms with van der Waals surface area (Å²) in [5.41, 5.74) is 1.27. The van der Waals surface area contributed by atoms with Gasteiger partial charge in [-0.05, 0) is 49.4 Å². The Balaban J connectivity index is 0.00000364. The number of thioether (sulfide) groups is 1. The first kappa shape index (κ1) is 24.4. The highest BCUT2D eigenvalue weighted by Gasteiger charge is 2.20. The van der Waals surface area contributed by atoms with Gasteiger partial charge >= 0.3 is 0 Å². The Labute approximate surface area is 186 Å². The van der Waals surface area contributed by atoms with Crippen LogP contribution in [0, 0.1) is 0 Å². The Morgan fingerprint density at radius 3 is 2.70 bits per heavy atom. The molecule has 0 aliphatic carbocycles. The first-order chi connectivity index (χ1) is 12.7. The van der Waals surface area contributed by atoms with Crippen LogP contribution in [0.5, 0.6) is 5.75 Å². The number of halogens is 1. The van der Waals surface area contributed by atoms with Gasteiger partial charge in [0, 0.05) is 25.4 Å². The van der Waals surface area contributed by atoms with Crippen LogP contribution in [-0.4, -0.2) is 62.2 Å². The molecule has 0 bridgehead atoms. The monoisotopic (exact) mass is 506 g/mol. The van der Waals surface area contributed by atoms with Crippen molar-refractivity contribution >= 4 is 41.7 Å². The van der Waals surface area contributed by atoms with Crippen molar-refractivity contribution in [2.45, 2.75) is 38.0 Å². The summed E-state index contributed by atoms with van der Waals surface area (Å²) < 4.78 is 5.42. The van der Waals surface area contributed by atoms with E-state index in [1.54, 1.807) is 7.11 Å². The van der Waals surface area contributed by atoms with Crippen LogP contribution in [0.1, 0.15) is 38.3 Å². The summed E-state index contributed by atoms with van der Waals surface area (Å²) >= 11 is 2.06. The molecule has 27 heavy (non-hydrogen) atoms. The molecule has 154 valence electrons. The van der Waals surface area contributed by atoms with Crippen molar-refractivity contribution in [1.82, 2.24) is 15.5 Å². The largest absolute Gasteiger partial charge is 0.497 e. The molecule has 1 aromatic carbocycles. The van der Waals surface area contributed by atoms with Crippen molar-refractivity contribution in [3.05, 3.63) is 29.8 Å². The first-order valence-electron chi connectivity index (χ1n) is 9.65. The molecule has 1 aromatic rings. The van der Waals surface area contributed by atoms with E-state index in [9.17, 15) is 0 Å². The molecule has 1 fully saturated rings. The fourth-order valence-corrected chi connectivity index (χ4v) is 4.60. The summed E-state index contributed by atoms with van der Waals surface area (Å²) in [4.78, 5) is 6.86. The number of nitrogens with zero attached hydrogens (tertiary/aromatic N) is 2. The van der Waals surface area contributed by atoms with Gasteiger partial charge in [0.25, 0.3) is 0 Å². The van der Waals surface area contributed by atoms with Crippen LogP contribution in [0.15, 0.2) is 29.3 Å². The average Bonchev–Trinajstić information content (AvgIpc) is 3.21. The van der Waals surface area contributed by atoms with Gasteiger partial charge in [-0.15, -0.1) is 24.0 Å². The molecule has 2 atom stereocenters. The van der Waals surface area contributed by atoms with Crippen LogP contribution in [-0.2, 0) is 0 Å². The minimum Gasteiger partial charge on any atom is -0.497 e. The van der Waals surface area contributed by atoms with Gasteiger partial charge in [-0.3, -0.25) is 9.89 Å². The standard InChI is InChI=1S/C20H34N4OS.HI/c1-5-24(6-2)19(16-9-7-10-17(13-16)25-4)15-23-20(21-3)22-14-18-11-8-12-26-18;/h7,9-10,13,18-19H,5-6,8,11-12,14-15H2,1-4H3,(H2,21,22,23);1H. The highest BCUT2D eigenvalue weighted by atomic mass is 127. The van der Waals surface area contributed by atoms with Crippen LogP contribution in [0.4, 0.5) is 0 Å². The van der Waals surface area contributed by atoms with Crippen molar-refractivity contribution in [2.24, 2.45) is 4.99 Å². The second-order valence-electron chi connectivity index (χ2n) is 6.48. The summed E-state index contributed by atoms with van der Waals surface area (Å²) in [7, 11) is 3.56. The Hall–Kier alpha value is -0.670. The van der Waals surface area contributed by atoms with Crippen molar-refractivity contribution in [3.8, 4) is 5.75 Å². The lowest BCUT2D eigenvalue weighted by atomic mass is 10.0. The lowest BCUT2D eigenvalue weighted by Crippen LogP contribution is -2.44. The van der Waals surface area contributed by atoms with E-state index in [4.69, 9.17) is 4.74 Å². The molecule has 2 unspecified atom stereocenters. The van der Waals surface area contributed by atoms with Crippen molar-refractivity contribution in [2.75, 3.05) is 46.1 Å². The summed E-state index contributed by atoms with van der Waals surface area (Å²) in [6.07, 6.45) is 2.64. The topological polar surface area (TPSA) is 48.9 Å². The van der Waals surface area contributed by atoms with E-state index in [0.717, 1.165) is 37.9 Å². The summed E-state index contributed by atoms with van der Waals surface area (Å²) in [5, 5.41) is 7.73. The van der Waals surface area contributed by atoms with Gasteiger partial charge in [-0.2, -0.15) is 11.8 Å². The van der Waals surface area contributed by atoms with E-state index >= 15 is 0 Å². The molecule has 0 saturated carbocycles. The summed E-state index contributed by atoms with van der Waals surface area (Å²) in [6, 6.07) is 8.65. The van der Waals surface area contributed by atoms with Gasteiger partial charge in [0.15, 0.2) is 5.96 Å². The van der Waals surface area contributed by atoms with E-state index in [1.807, 2.05) is 13.1 Å². The van der Waals surface area contributed by atoms with E-state index in [1.165, 1.54) is 24.2 Å². The van der Waals surface area contributed by atoms with Gasteiger partial charge < -0.3 is 15.4 Å². The average molecular weight is 506 g/mol. The molecule has 2 rings (SSSR count). The molecule has 1 saturated heterocycles. The number of nitrogens with one attached hydrogen (secondary N) is 2. The molecule has 0 radical (unpaired) electrons. The van der Waals surface area contributed by atoms with Crippen LogP contribution < -0.4 is 15.4 Å². The molecule has 5 nitrogen and oxygen atoms in total. The number of aliphatic imine (C=N–C) groups is 1. The minimum absolute atomic E-state index is 0. The third kappa shape index (κ3) is 7.69. The van der Waals surface area contributed by atoms with Crippen LogP contribution in [0.3, 0.4) is 0 Å². The Kier molecular flexibility index (Phi) is 12.2. The molecule has 2 N–H and O–H groups in total. The number of benzene rings is 1. The fraction of sp³-hybridized carbons (Fsp3) is 0.650. The number of methoxy groups -OCH3 is 1. The predicted molar refractivity (Wildman–Crippen MR) is 129 cm³/mol. The number of likely N-dealkylation sites (N-methyl/N-ethyl adjacent to an activating group) is 1. The molecule has 0 amide bonds. The van der Waals surface area contributed by atoms with Crippen LogP contribution >= 0.6 is 35.7 Å². The molecule has 1 heterocycles. The van der Waals surface area contributed by atoms with Crippen LogP contribution in [0.25, 0.3) is 0 Å². The molecule has 1 aliphatic heterocycles. The zero-order valence-corrected chi connectivity index (χ0v) is 20.2. The molecular weight excluding hydrogens is 471 g/mol. The van der Waals surface area contributed by atoms with E-state index in [-0.39, 0.29) is 30.0 Å². The highest BCUT2D eigenvalue weighted by Crippen LogP contribution is 2.25. The fourth-order valence-electron chi connectivity index (χ4n) is 3.40. The zero-order valence-electron chi connectivity index (χ0n) is 17.0. The summed E-state index contributed by atoms with van der Waals surface area (Å²) in [6.45, 7) is 8.23. The quantitative estimate of drug-likeness (QED) is 0.304. The maximum Gasteiger partial charge on any atom is 0.191 e. The number of hydrogen-bond acceptors (Lipinski definition) is 4. The van der Waals surface area contributed by atoms with Gasteiger partial charge in [0.2, 0.25) is 0 Å². The zero-order chi connectivity index (χ0) is 18.8. The lowest BCUT2D eigenvalue weighted by molar-refractivity contribution is 0.218. The Bertz CT molecular complexity index is 563. The number of hydrogen-bond donors (Lipinski definition) is 2. The molecule has 0 spiro atoms. The van der Waals surface area contributed by atoms with Gasteiger partial charge in [0.05, 0.1) is 13.2 Å². The second kappa shape index (κ2) is 13.5. The van der Waals surface area contributed by atoms with Gasteiger partial charge in [-0.1, -0.05) is 26.0 Å². The maximum atomic E-state index is 5.42. The van der Waals surface area contributed by atoms with Crippen molar-refractivity contribution < 1.29 is 4.74 Å². The third-order valence-electron chi connectivity index (χ3n) is 4.94. The second-order valence-corrected chi connectivity index (χ2v) is 7.89. The smallest absolute Gasteiger partial charge is 0.191 e. The third-order valence-corrected chi connectivity index (χ3v) is 6.34. The number of ether oxygens (including phenoxy) is 1. The van der Waals surface area contributed by atoms with E-state index in [0.29, 0.717) is 5.25 Å². The van der Waals surface area contributed by atoms with E-state index < -0.39 is 0 Å². The summed E-state index contributed by atoms with van der Waals surface area (Å²) in [5.74, 6) is 3.08. The SMILES string of the molecule is CCN(CC)C(CNC(=NC)NCC1CCCS1)c1cccc(OC)c1.I. The van der Waals surface area contributed by atoms with Crippen LogP contribution in [0.2, 0.25) is 0 Å². The number of guanidine groups is 1. The predicted octanol–water partition coefficient (Wildman–Crippen LogP) is 3.76. The normalized spacial score (nSPS) is 18.1. The van der Waals surface area contributed by atoms with Crippen molar-refractivity contribution in [3.63, 3.8) is 0 Å². The van der Waals surface area contributed by atoms with Gasteiger partial charge in [-0.25, -0.2) is 0 Å². The number of rotatable bonds is 9. The first-order valence-corrected chi connectivity index (χ1v) is 10.7.